The number of rotatable bonds is 2. The second-order valence-corrected chi connectivity index (χ2v) is 4.32. The van der Waals surface area contributed by atoms with Crippen LogP contribution in [0.3, 0.4) is 0 Å². The van der Waals surface area contributed by atoms with E-state index in [9.17, 15) is 9.59 Å². The molecule has 5 heteroatoms. The van der Waals surface area contributed by atoms with Gasteiger partial charge in [-0.25, -0.2) is 4.79 Å². The highest BCUT2D eigenvalue weighted by molar-refractivity contribution is 9.10. The zero-order valence-corrected chi connectivity index (χ0v) is 10.2. The summed E-state index contributed by atoms with van der Waals surface area (Å²) >= 11 is 3.31. The highest BCUT2D eigenvalue weighted by atomic mass is 79.9. The number of halogens is 1. The van der Waals surface area contributed by atoms with Gasteiger partial charge in [0.1, 0.15) is 0 Å². The van der Waals surface area contributed by atoms with Gasteiger partial charge in [-0.2, -0.15) is 0 Å². The Morgan fingerprint density at radius 1 is 1.24 bits per heavy atom. The van der Waals surface area contributed by atoms with Crippen LogP contribution in [0.2, 0.25) is 0 Å². The van der Waals surface area contributed by atoms with Gasteiger partial charge in [0.05, 0.1) is 5.56 Å². The van der Waals surface area contributed by atoms with Crippen molar-refractivity contribution < 1.29 is 9.90 Å². The number of nitrogens with zero attached hydrogens (tertiary/aromatic N) is 1. The molecule has 0 fully saturated rings. The molecule has 0 saturated carbocycles. The molecule has 1 aromatic heterocycles. The molecule has 0 aliphatic carbocycles. The number of carbonyl (C=O) groups is 1. The van der Waals surface area contributed by atoms with Crippen molar-refractivity contribution in [1.82, 2.24) is 4.57 Å². The summed E-state index contributed by atoms with van der Waals surface area (Å²) in [6.45, 7) is 0. The topological polar surface area (TPSA) is 59.3 Å². The van der Waals surface area contributed by atoms with E-state index in [0.717, 1.165) is 10.5 Å². The summed E-state index contributed by atoms with van der Waals surface area (Å²) in [5, 5.41) is 8.76. The van der Waals surface area contributed by atoms with Crippen LogP contribution in [0.5, 0.6) is 0 Å². The lowest BCUT2D eigenvalue weighted by molar-refractivity contribution is 0.0696. The van der Waals surface area contributed by atoms with Crippen LogP contribution in [0.25, 0.3) is 5.69 Å². The van der Waals surface area contributed by atoms with E-state index in [1.807, 2.05) is 6.07 Å². The summed E-state index contributed by atoms with van der Waals surface area (Å²) in [5.41, 5.74) is 0.297. The third kappa shape index (κ3) is 2.45. The van der Waals surface area contributed by atoms with E-state index >= 15 is 0 Å². The molecule has 0 aliphatic rings. The van der Waals surface area contributed by atoms with Gasteiger partial charge in [-0.15, -0.1) is 0 Å². The van der Waals surface area contributed by atoms with Crippen molar-refractivity contribution in [3.63, 3.8) is 0 Å². The molecule has 0 saturated heterocycles. The maximum atomic E-state index is 11.7. The van der Waals surface area contributed by atoms with Gasteiger partial charge in [-0.1, -0.05) is 22.0 Å². The van der Waals surface area contributed by atoms with E-state index in [1.54, 1.807) is 18.2 Å². The number of carboxylic acid groups (broad SMARTS) is 1. The molecule has 0 spiro atoms. The number of aromatic carboxylic acids is 1. The summed E-state index contributed by atoms with van der Waals surface area (Å²) in [7, 11) is 0. The van der Waals surface area contributed by atoms with Crippen molar-refractivity contribution in [3.8, 4) is 5.69 Å². The molecule has 0 amide bonds. The second-order valence-electron chi connectivity index (χ2n) is 3.41. The fraction of sp³-hybridized carbons (Fsp3) is 0. The smallest absolute Gasteiger partial charge is 0.335 e. The highest BCUT2D eigenvalue weighted by Crippen LogP contribution is 2.14. The van der Waals surface area contributed by atoms with Crippen LogP contribution < -0.4 is 5.56 Å². The van der Waals surface area contributed by atoms with Crippen LogP contribution in [0.4, 0.5) is 0 Å². The summed E-state index contributed by atoms with van der Waals surface area (Å²) in [4.78, 5) is 22.4. The monoisotopic (exact) mass is 293 g/mol. The van der Waals surface area contributed by atoms with Crippen LogP contribution in [-0.4, -0.2) is 15.6 Å². The van der Waals surface area contributed by atoms with E-state index in [0.29, 0.717) is 5.69 Å². The van der Waals surface area contributed by atoms with Crippen molar-refractivity contribution in [2.24, 2.45) is 0 Å². The van der Waals surface area contributed by atoms with Gasteiger partial charge in [0.15, 0.2) is 0 Å². The van der Waals surface area contributed by atoms with Crippen LogP contribution in [0.1, 0.15) is 10.4 Å². The number of benzene rings is 1. The molecular weight excluding hydrogens is 286 g/mol. The van der Waals surface area contributed by atoms with Crippen LogP contribution in [0.15, 0.2) is 51.9 Å². The van der Waals surface area contributed by atoms with Crippen molar-refractivity contribution in [2.45, 2.75) is 0 Å². The first-order valence-electron chi connectivity index (χ1n) is 4.80. The number of hydrogen-bond acceptors (Lipinski definition) is 2. The molecule has 1 aromatic carbocycles. The van der Waals surface area contributed by atoms with Gasteiger partial charge in [0, 0.05) is 22.4 Å². The average molecular weight is 294 g/mol. The molecule has 4 nitrogen and oxygen atoms in total. The summed E-state index contributed by atoms with van der Waals surface area (Å²) in [5.74, 6) is -1.11. The molecular formula is C12H8BrNO3. The van der Waals surface area contributed by atoms with E-state index < -0.39 is 5.97 Å². The van der Waals surface area contributed by atoms with Gasteiger partial charge in [-0.05, 0) is 24.3 Å². The molecule has 17 heavy (non-hydrogen) atoms. The molecule has 0 unspecified atom stereocenters. The third-order valence-electron chi connectivity index (χ3n) is 2.25. The van der Waals surface area contributed by atoms with Gasteiger partial charge < -0.3 is 5.11 Å². The molecule has 0 atom stereocenters. The fourth-order valence-corrected chi connectivity index (χ4v) is 1.84. The zero-order valence-electron chi connectivity index (χ0n) is 8.63. The van der Waals surface area contributed by atoms with Crippen molar-refractivity contribution >= 4 is 21.9 Å². The molecule has 86 valence electrons. The molecule has 1 heterocycles. The Morgan fingerprint density at radius 2 is 2.00 bits per heavy atom. The first kappa shape index (κ1) is 11.6. The number of pyridine rings is 1. The molecule has 0 bridgehead atoms. The van der Waals surface area contributed by atoms with E-state index in [2.05, 4.69) is 15.9 Å². The summed E-state index contributed by atoms with van der Waals surface area (Å²) in [6.07, 6.45) is 1.45. The van der Waals surface area contributed by atoms with Gasteiger partial charge in [0.2, 0.25) is 0 Å². The molecule has 0 radical (unpaired) electrons. The van der Waals surface area contributed by atoms with Gasteiger partial charge >= 0.3 is 5.97 Å². The predicted octanol–water partition coefficient (Wildman–Crippen LogP) is 2.30. The first-order valence-corrected chi connectivity index (χ1v) is 5.59. The summed E-state index contributed by atoms with van der Waals surface area (Å²) < 4.78 is 2.24. The lowest BCUT2D eigenvalue weighted by Crippen LogP contribution is -2.18. The van der Waals surface area contributed by atoms with Crippen LogP contribution >= 0.6 is 15.9 Å². The minimum Gasteiger partial charge on any atom is -0.478 e. The molecule has 1 N–H and O–H groups in total. The summed E-state index contributed by atoms with van der Waals surface area (Å²) in [6, 6.07) is 9.69. The SMILES string of the molecule is O=C(O)c1ccn(-c2cccc(Br)c2)c(=O)c1. The highest BCUT2D eigenvalue weighted by Gasteiger charge is 2.06. The Hall–Kier alpha value is -1.88. The maximum Gasteiger partial charge on any atom is 0.335 e. The Kier molecular flexibility index (Phi) is 3.10. The number of aromatic nitrogens is 1. The van der Waals surface area contributed by atoms with Gasteiger partial charge in [-0.3, -0.25) is 9.36 Å². The Balaban J connectivity index is 2.54. The Morgan fingerprint density at radius 3 is 2.59 bits per heavy atom. The minimum absolute atomic E-state index is 0.0127. The first-order chi connectivity index (χ1) is 8.08. The largest absolute Gasteiger partial charge is 0.478 e. The number of carboxylic acids is 1. The lowest BCUT2D eigenvalue weighted by Gasteiger charge is -2.05. The minimum atomic E-state index is -1.11. The Labute approximate surface area is 105 Å². The lowest BCUT2D eigenvalue weighted by atomic mass is 10.2. The zero-order chi connectivity index (χ0) is 12.4. The third-order valence-corrected chi connectivity index (χ3v) is 2.75. The van der Waals surface area contributed by atoms with E-state index in [-0.39, 0.29) is 11.1 Å². The van der Waals surface area contributed by atoms with Crippen molar-refractivity contribution in [3.05, 3.63) is 63.0 Å². The van der Waals surface area contributed by atoms with Crippen molar-refractivity contribution in [1.29, 1.82) is 0 Å². The standard InChI is InChI=1S/C12H8BrNO3/c13-9-2-1-3-10(7-9)14-5-4-8(12(16)17)6-11(14)15/h1-7H,(H,16,17). The van der Waals surface area contributed by atoms with Gasteiger partial charge in [0.25, 0.3) is 5.56 Å². The molecule has 0 aliphatic heterocycles. The number of hydrogen-bond donors (Lipinski definition) is 1. The normalized spacial score (nSPS) is 10.2. The fourth-order valence-electron chi connectivity index (χ4n) is 1.45. The average Bonchev–Trinajstić information content (AvgIpc) is 2.28. The predicted molar refractivity (Wildman–Crippen MR) is 66.7 cm³/mol. The quantitative estimate of drug-likeness (QED) is 0.924. The molecule has 2 rings (SSSR count). The van der Waals surface area contributed by atoms with Crippen LogP contribution in [-0.2, 0) is 0 Å². The van der Waals surface area contributed by atoms with E-state index in [4.69, 9.17) is 5.11 Å². The molecule has 2 aromatic rings. The van der Waals surface area contributed by atoms with Crippen molar-refractivity contribution in [2.75, 3.05) is 0 Å². The second kappa shape index (κ2) is 4.55. The Bertz CT molecular complexity index is 634. The van der Waals surface area contributed by atoms with E-state index in [1.165, 1.54) is 16.8 Å². The maximum absolute atomic E-state index is 11.7. The van der Waals surface area contributed by atoms with Crippen LogP contribution in [0, 0.1) is 0 Å².